The number of anilines is 1. The topological polar surface area (TPSA) is 50.8 Å². The van der Waals surface area contributed by atoms with E-state index in [9.17, 15) is 4.79 Å². The van der Waals surface area contributed by atoms with Crippen molar-refractivity contribution in [1.29, 1.82) is 0 Å². The Morgan fingerprint density at radius 3 is 2.73 bits per heavy atom. The maximum Gasteiger partial charge on any atom is 0.227 e. The molecule has 142 valence electrons. The number of benzene rings is 1. The van der Waals surface area contributed by atoms with Gasteiger partial charge in [-0.25, -0.2) is 0 Å². The number of carbonyl (C=O) groups excluding carboxylic acids is 1. The number of ether oxygens (including phenoxy) is 2. The molecule has 0 bridgehead atoms. The van der Waals surface area contributed by atoms with Crippen molar-refractivity contribution in [3.63, 3.8) is 0 Å². The Morgan fingerprint density at radius 1 is 1.27 bits per heavy atom. The molecule has 1 aromatic carbocycles. The standard InChI is InChI=1S/C21H30N2O3/c1-3-25-20-11-17-10-14(2)26-19(17)12-18(20)22-21(24)16-6-8-23(9-7-16)13-15-4-5-15/h11-12,14-16H,3-10,13H2,1-2H3,(H,22,24)/t14-/m1/s1. The van der Waals surface area contributed by atoms with E-state index < -0.39 is 0 Å². The first-order valence-corrected chi connectivity index (χ1v) is 10.1. The van der Waals surface area contributed by atoms with Crippen molar-refractivity contribution in [2.75, 3.05) is 31.6 Å². The van der Waals surface area contributed by atoms with Gasteiger partial charge in [0, 0.05) is 30.5 Å². The van der Waals surface area contributed by atoms with Gasteiger partial charge in [-0.1, -0.05) is 0 Å². The van der Waals surface area contributed by atoms with E-state index in [-0.39, 0.29) is 17.9 Å². The van der Waals surface area contributed by atoms with Gasteiger partial charge in [-0.05, 0) is 64.6 Å². The third-order valence-electron chi connectivity index (χ3n) is 5.73. The van der Waals surface area contributed by atoms with Crippen LogP contribution in [0.1, 0.15) is 45.1 Å². The lowest BCUT2D eigenvalue weighted by Gasteiger charge is -2.31. The van der Waals surface area contributed by atoms with E-state index in [4.69, 9.17) is 9.47 Å². The third kappa shape index (κ3) is 3.98. The van der Waals surface area contributed by atoms with Crippen LogP contribution in [0.25, 0.3) is 0 Å². The number of hydrogen-bond acceptors (Lipinski definition) is 4. The fourth-order valence-electron chi connectivity index (χ4n) is 4.09. The molecule has 5 heteroatoms. The Balaban J connectivity index is 1.40. The number of nitrogens with one attached hydrogen (secondary N) is 1. The van der Waals surface area contributed by atoms with Gasteiger partial charge in [-0.15, -0.1) is 0 Å². The highest BCUT2D eigenvalue weighted by Crippen LogP contribution is 2.38. The molecule has 0 unspecified atom stereocenters. The van der Waals surface area contributed by atoms with Crippen LogP contribution in [-0.2, 0) is 11.2 Å². The monoisotopic (exact) mass is 358 g/mol. The second kappa shape index (κ2) is 7.47. The molecule has 0 aromatic heterocycles. The first-order chi connectivity index (χ1) is 12.6. The number of likely N-dealkylation sites (tertiary alicyclic amines) is 1. The molecule has 1 saturated heterocycles. The molecular formula is C21H30N2O3. The zero-order chi connectivity index (χ0) is 18.1. The van der Waals surface area contributed by atoms with Crippen molar-refractivity contribution in [2.24, 2.45) is 11.8 Å². The largest absolute Gasteiger partial charge is 0.492 e. The minimum atomic E-state index is 0.0908. The van der Waals surface area contributed by atoms with E-state index in [1.54, 1.807) is 0 Å². The summed E-state index contributed by atoms with van der Waals surface area (Å²) in [4.78, 5) is 15.3. The fraction of sp³-hybridized carbons (Fsp3) is 0.667. The van der Waals surface area contributed by atoms with Gasteiger partial charge in [0.25, 0.3) is 0 Å². The lowest BCUT2D eigenvalue weighted by molar-refractivity contribution is -0.121. The Morgan fingerprint density at radius 2 is 2.04 bits per heavy atom. The molecule has 4 rings (SSSR count). The molecule has 0 spiro atoms. The van der Waals surface area contributed by atoms with Crippen molar-refractivity contribution in [3.8, 4) is 11.5 Å². The SMILES string of the molecule is CCOc1cc2c(cc1NC(=O)C1CCN(CC3CC3)CC1)O[C@H](C)C2. The van der Waals surface area contributed by atoms with Gasteiger partial charge in [0.2, 0.25) is 5.91 Å². The quantitative estimate of drug-likeness (QED) is 0.846. The molecule has 2 aliphatic heterocycles. The molecular weight excluding hydrogens is 328 g/mol. The molecule has 1 N–H and O–H groups in total. The molecule has 1 saturated carbocycles. The summed E-state index contributed by atoms with van der Waals surface area (Å²) in [5.41, 5.74) is 1.90. The first kappa shape index (κ1) is 17.7. The molecule has 5 nitrogen and oxygen atoms in total. The average molecular weight is 358 g/mol. The van der Waals surface area contributed by atoms with Crippen molar-refractivity contribution in [2.45, 2.75) is 52.1 Å². The maximum atomic E-state index is 12.8. The highest BCUT2D eigenvalue weighted by Gasteiger charge is 2.30. The average Bonchev–Trinajstić information content (AvgIpc) is 3.36. The molecule has 1 amide bonds. The number of fused-ring (bicyclic) bond motifs is 1. The van der Waals surface area contributed by atoms with Crippen LogP contribution in [0, 0.1) is 11.8 Å². The Hall–Kier alpha value is -1.75. The van der Waals surface area contributed by atoms with Crippen LogP contribution in [-0.4, -0.2) is 43.2 Å². The second-order valence-electron chi connectivity index (χ2n) is 8.03. The zero-order valence-electron chi connectivity index (χ0n) is 15.9. The van der Waals surface area contributed by atoms with Crippen molar-refractivity contribution in [1.82, 2.24) is 4.90 Å². The van der Waals surface area contributed by atoms with Crippen molar-refractivity contribution >= 4 is 11.6 Å². The summed E-state index contributed by atoms with van der Waals surface area (Å²) in [7, 11) is 0. The number of amides is 1. The third-order valence-corrected chi connectivity index (χ3v) is 5.73. The highest BCUT2D eigenvalue weighted by atomic mass is 16.5. The fourth-order valence-corrected chi connectivity index (χ4v) is 4.09. The summed E-state index contributed by atoms with van der Waals surface area (Å²) >= 11 is 0. The van der Waals surface area contributed by atoms with E-state index in [0.29, 0.717) is 6.61 Å². The lowest BCUT2D eigenvalue weighted by atomic mass is 9.95. The minimum absolute atomic E-state index is 0.0908. The number of piperidine rings is 1. The van der Waals surface area contributed by atoms with Crippen LogP contribution in [0.4, 0.5) is 5.69 Å². The molecule has 2 fully saturated rings. The van der Waals surface area contributed by atoms with E-state index in [1.807, 2.05) is 19.1 Å². The van der Waals surface area contributed by atoms with Gasteiger partial charge >= 0.3 is 0 Å². The summed E-state index contributed by atoms with van der Waals surface area (Å²) in [6.07, 6.45) is 5.74. The predicted molar refractivity (Wildman–Crippen MR) is 102 cm³/mol. The van der Waals surface area contributed by atoms with Gasteiger partial charge in [-0.2, -0.15) is 0 Å². The van der Waals surface area contributed by atoms with Crippen LogP contribution >= 0.6 is 0 Å². The van der Waals surface area contributed by atoms with Crippen LogP contribution < -0.4 is 14.8 Å². The number of carbonyl (C=O) groups is 1. The minimum Gasteiger partial charge on any atom is -0.492 e. The molecule has 0 radical (unpaired) electrons. The van der Waals surface area contributed by atoms with E-state index >= 15 is 0 Å². The van der Waals surface area contributed by atoms with Crippen LogP contribution in [0.3, 0.4) is 0 Å². The first-order valence-electron chi connectivity index (χ1n) is 10.1. The molecule has 26 heavy (non-hydrogen) atoms. The molecule has 3 aliphatic rings. The number of rotatable bonds is 6. The summed E-state index contributed by atoms with van der Waals surface area (Å²) in [6, 6.07) is 3.96. The van der Waals surface area contributed by atoms with Crippen LogP contribution in [0.15, 0.2) is 12.1 Å². The van der Waals surface area contributed by atoms with Crippen molar-refractivity contribution < 1.29 is 14.3 Å². The molecule has 1 aromatic rings. The highest BCUT2D eigenvalue weighted by molar-refractivity contribution is 5.94. The Bertz CT molecular complexity index is 663. The normalized spacial score (nSPS) is 23.4. The summed E-state index contributed by atoms with van der Waals surface area (Å²) in [5.74, 6) is 2.75. The Labute approximate surface area is 156 Å². The van der Waals surface area contributed by atoms with Gasteiger partial charge in [0.1, 0.15) is 17.6 Å². The molecule has 2 heterocycles. The smallest absolute Gasteiger partial charge is 0.227 e. The maximum absolute atomic E-state index is 12.8. The summed E-state index contributed by atoms with van der Waals surface area (Å²) in [6.45, 7) is 7.91. The van der Waals surface area contributed by atoms with Gasteiger partial charge < -0.3 is 19.7 Å². The van der Waals surface area contributed by atoms with Crippen LogP contribution in [0.5, 0.6) is 11.5 Å². The van der Waals surface area contributed by atoms with Gasteiger partial charge in [-0.3, -0.25) is 4.79 Å². The Kier molecular flexibility index (Phi) is 5.07. The lowest BCUT2D eigenvalue weighted by Crippen LogP contribution is -2.39. The number of hydrogen-bond donors (Lipinski definition) is 1. The predicted octanol–water partition coefficient (Wildman–Crippen LogP) is 3.47. The summed E-state index contributed by atoms with van der Waals surface area (Å²) in [5, 5.41) is 3.12. The van der Waals surface area contributed by atoms with Gasteiger partial charge in [0.05, 0.1) is 12.3 Å². The van der Waals surface area contributed by atoms with E-state index in [0.717, 1.165) is 61.0 Å². The summed E-state index contributed by atoms with van der Waals surface area (Å²) < 4.78 is 11.6. The number of nitrogens with zero attached hydrogens (tertiary/aromatic N) is 1. The second-order valence-corrected chi connectivity index (χ2v) is 8.03. The molecule has 1 atom stereocenters. The van der Waals surface area contributed by atoms with Crippen LogP contribution in [0.2, 0.25) is 0 Å². The molecule has 1 aliphatic carbocycles. The zero-order valence-corrected chi connectivity index (χ0v) is 15.9. The van der Waals surface area contributed by atoms with Gasteiger partial charge in [0.15, 0.2) is 0 Å². The van der Waals surface area contributed by atoms with Crippen molar-refractivity contribution in [3.05, 3.63) is 17.7 Å². The van der Waals surface area contributed by atoms with E-state index in [2.05, 4.69) is 17.1 Å². The van der Waals surface area contributed by atoms with E-state index in [1.165, 1.54) is 19.4 Å².